The molecule has 0 atom stereocenters. The Hall–Kier alpha value is -2.79. The van der Waals surface area contributed by atoms with Gasteiger partial charge in [0.15, 0.2) is 0 Å². The molecule has 0 aliphatic carbocycles. The highest BCUT2D eigenvalue weighted by Gasteiger charge is 2.16. The van der Waals surface area contributed by atoms with Gasteiger partial charge < -0.3 is 9.64 Å². The highest BCUT2D eigenvalue weighted by molar-refractivity contribution is 6.31. The van der Waals surface area contributed by atoms with Crippen molar-refractivity contribution in [3.05, 3.63) is 71.0 Å². The predicted octanol–water partition coefficient (Wildman–Crippen LogP) is 4.61. The average molecular weight is 370 g/mol. The number of benzene rings is 2. The zero-order chi connectivity index (χ0) is 18.7. The molecular weight excluding hydrogens is 350 g/mol. The van der Waals surface area contributed by atoms with E-state index in [0.29, 0.717) is 10.8 Å². The monoisotopic (exact) mass is 369 g/mol. The minimum Gasteiger partial charge on any atom is -0.457 e. The largest absolute Gasteiger partial charge is 0.457 e. The normalized spacial score (nSPS) is 10.6. The van der Waals surface area contributed by atoms with Crippen molar-refractivity contribution in [1.29, 1.82) is 0 Å². The number of rotatable bonds is 5. The first-order valence-corrected chi connectivity index (χ1v) is 8.62. The van der Waals surface area contributed by atoms with Crippen LogP contribution in [-0.4, -0.2) is 22.7 Å². The Morgan fingerprint density at radius 2 is 1.69 bits per heavy atom. The second-order valence-electron chi connectivity index (χ2n) is 6.00. The number of hydrogen-bond acceptors (Lipinski definition) is 3. The van der Waals surface area contributed by atoms with Gasteiger partial charge in [-0.25, -0.2) is 0 Å². The summed E-state index contributed by atoms with van der Waals surface area (Å²) in [5.74, 6) is 1.40. The van der Waals surface area contributed by atoms with Crippen molar-refractivity contribution in [3.63, 3.8) is 0 Å². The summed E-state index contributed by atoms with van der Waals surface area (Å²) in [5.41, 5.74) is 2.29. The van der Waals surface area contributed by atoms with E-state index >= 15 is 0 Å². The number of halogens is 1. The number of aromatic nitrogens is 2. The Kier molecular flexibility index (Phi) is 5.28. The van der Waals surface area contributed by atoms with E-state index in [-0.39, 0.29) is 12.5 Å². The number of carbonyl (C=O) groups excluding carboxylic acids is 1. The van der Waals surface area contributed by atoms with Crippen molar-refractivity contribution in [3.8, 4) is 11.5 Å². The van der Waals surface area contributed by atoms with E-state index in [0.717, 1.165) is 22.8 Å². The summed E-state index contributed by atoms with van der Waals surface area (Å²) in [6, 6.07) is 16.9. The number of para-hydroxylation sites is 1. The van der Waals surface area contributed by atoms with E-state index in [4.69, 9.17) is 16.3 Å². The third kappa shape index (κ3) is 3.89. The van der Waals surface area contributed by atoms with Gasteiger partial charge in [-0.3, -0.25) is 9.48 Å². The molecule has 26 heavy (non-hydrogen) atoms. The quantitative estimate of drug-likeness (QED) is 0.659. The number of hydrogen-bond donors (Lipinski definition) is 0. The first kappa shape index (κ1) is 18.0. The Balaban J connectivity index is 1.68. The van der Waals surface area contributed by atoms with Crippen molar-refractivity contribution in [2.75, 3.05) is 11.9 Å². The molecule has 0 unspecified atom stereocenters. The minimum absolute atomic E-state index is 0.0796. The second kappa shape index (κ2) is 7.62. The molecule has 134 valence electrons. The summed E-state index contributed by atoms with van der Waals surface area (Å²) in [4.78, 5) is 14.1. The van der Waals surface area contributed by atoms with E-state index < -0.39 is 0 Å². The van der Waals surface area contributed by atoms with Gasteiger partial charge in [0.2, 0.25) is 5.91 Å². The maximum atomic E-state index is 12.6. The SMILES string of the molecule is Cc1nn(CC(=O)N(C)c2ccc(Oc3ccccc3)cc2)c(C)c1Cl. The van der Waals surface area contributed by atoms with Crippen LogP contribution in [0.3, 0.4) is 0 Å². The molecule has 0 aliphatic heterocycles. The molecule has 3 rings (SSSR count). The van der Waals surface area contributed by atoms with E-state index in [1.54, 1.807) is 16.6 Å². The lowest BCUT2D eigenvalue weighted by molar-refractivity contribution is -0.119. The highest BCUT2D eigenvalue weighted by atomic mass is 35.5. The predicted molar refractivity (Wildman–Crippen MR) is 103 cm³/mol. The van der Waals surface area contributed by atoms with Gasteiger partial charge >= 0.3 is 0 Å². The van der Waals surface area contributed by atoms with Gasteiger partial charge in [-0.05, 0) is 50.2 Å². The van der Waals surface area contributed by atoms with Crippen LogP contribution in [0.2, 0.25) is 5.02 Å². The van der Waals surface area contributed by atoms with Gasteiger partial charge in [-0.15, -0.1) is 0 Å². The molecule has 1 aromatic heterocycles. The van der Waals surface area contributed by atoms with E-state index in [2.05, 4.69) is 5.10 Å². The van der Waals surface area contributed by atoms with Crippen LogP contribution >= 0.6 is 11.6 Å². The summed E-state index contributed by atoms with van der Waals surface area (Å²) in [6.07, 6.45) is 0. The van der Waals surface area contributed by atoms with E-state index in [9.17, 15) is 4.79 Å². The molecule has 2 aromatic carbocycles. The van der Waals surface area contributed by atoms with Crippen LogP contribution in [0.5, 0.6) is 11.5 Å². The molecule has 0 fully saturated rings. The summed E-state index contributed by atoms with van der Waals surface area (Å²) in [7, 11) is 1.74. The fourth-order valence-corrected chi connectivity index (χ4v) is 2.70. The zero-order valence-electron chi connectivity index (χ0n) is 14.9. The number of carbonyl (C=O) groups is 1. The topological polar surface area (TPSA) is 47.4 Å². The number of ether oxygens (including phenoxy) is 1. The number of aryl methyl sites for hydroxylation is 1. The van der Waals surface area contributed by atoms with Gasteiger partial charge in [-0.1, -0.05) is 29.8 Å². The lowest BCUT2D eigenvalue weighted by Gasteiger charge is -2.18. The van der Waals surface area contributed by atoms with E-state index in [1.165, 1.54) is 0 Å². The molecule has 0 bridgehead atoms. The molecule has 0 aliphatic rings. The molecular formula is C20H20ClN3O2. The zero-order valence-corrected chi connectivity index (χ0v) is 15.7. The molecule has 5 nitrogen and oxygen atoms in total. The molecule has 0 saturated carbocycles. The van der Waals surface area contributed by atoms with Crippen molar-refractivity contribution in [2.45, 2.75) is 20.4 Å². The standard InChI is InChI=1S/C20H20ClN3O2/c1-14-20(21)15(2)24(22-14)13-19(25)23(3)16-9-11-18(12-10-16)26-17-7-5-4-6-8-17/h4-12H,13H2,1-3H3. The first-order chi connectivity index (χ1) is 12.5. The first-order valence-electron chi connectivity index (χ1n) is 8.24. The van der Waals surface area contributed by atoms with Crippen molar-refractivity contribution in [2.24, 2.45) is 0 Å². The molecule has 1 heterocycles. The Bertz CT molecular complexity index is 905. The lowest BCUT2D eigenvalue weighted by atomic mass is 10.2. The average Bonchev–Trinajstić information content (AvgIpc) is 2.89. The highest BCUT2D eigenvalue weighted by Crippen LogP contribution is 2.24. The van der Waals surface area contributed by atoms with Crippen molar-refractivity contribution < 1.29 is 9.53 Å². The van der Waals surface area contributed by atoms with Crippen LogP contribution in [0.4, 0.5) is 5.69 Å². The summed E-state index contributed by atoms with van der Waals surface area (Å²) in [6.45, 7) is 3.81. The van der Waals surface area contributed by atoms with Gasteiger partial charge in [-0.2, -0.15) is 5.10 Å². The van der Waals surface area contributed by atoms with Crippen LogP contribution in [0.25, 0.3) is 0 Å². The molecule has 3 aromatic rings. The van der Waals surface area contributed by atoms with Gasteiger partial charge in [0.25, 0.3) is 0 Å². The number of likely N-dealkylation sites (N-methyl/N-ethyl adjacent to an activating group) is 1. The second-order valence-corrected chi connectivity index (χ2v) is 6.38. The van der Waals surface area contributed by atoms with Crippen molar-refractivity contribution >= 4 is 23.2 Å². The molecule has 1 amide bonds. The maximum absolute atomic E-state index is 12.6. The molecule has 0 saturated heterocycles. The lowest BCUT2D eigenvalue weighted by Crippen LogP contribution is -2.30. The van der Waals surface area contributed by atoms with Gasteiger partial charge in [0.05, 0.1) is 16.4 Å². The van der Waals surface area contributed by atoms with Crippen LogP contribution in [0.1, 0.15) is 11.4 Å². The molecule has 6 heteroatoms. The maximum Gasteiger partial charge on any atom is 0.248 e. The van der Waals surface area contributed by atoms with E-state index in [1.807, 2.05) is 68.4 Å². The third-order valence-corrected chi connectivity index (χ3v) is 4.70. The fourth-order valence-electron chi connectivity index (χ4n) is 2.57. The minimum atomic E-state index is -0.0796. The van der Waals surface area contributed by atoms with Crippen LogP contribution in [0.15, 0.2) is 54.6 Å². The Morgan fingerprint density at radius 3 is 2.27 bits per heavy atom. The Morgan fingerprint density at radius 1 is 1.08 bits per heavy atom. The molecule has 0 radical (unpaired) electrons. The molecule has 0 spiro atoms. The number of anilines is 1. The van der Waals surface area contributed by atoms with Crippen LogP contribution in [0, 0.1) is 13.8 Å². The van der Waals surface area contributed by atoms with Crippen LogP contribution in [-0.2, 0) is 11.3 Å². The number of amides is 1. The smallest absolute Gasteiger partial charge is 0.248 e. The van der Waals surface area contributed by atoms with Crippen LogP contribution < -0.4 is 9.64 Å². The number of nitrogens with zero attached hydrogens (tertiary/aromatic N) is 3. The summed E-state index contributed by atoms with van der Waals surface area (Å²) < 4.78 is 7.40. The van der Waals surface area contributed by atoms with Gasteiger partial charge in [0, 0.05) is 12.7 Å². The molecule has 0 N–H and O–H groups in total. The third-order valence-electron chi connectivity index (χ3n) is 4.16. The summed E-state index contributed by atoms with van der Waals surface area (Å²) in [5, 5.41) is 4.90. The Labute approximate surface area is 157 Å². The fraction of sp³-hybridized carbons (Fsp3) is 0.200. The summed E-state index contributed by atoms with van der Waals surface area (Å²) >= 11 is 6.14. The van der Waals surface area contributed by atoms with Crippen molar-refractivity contribution in [1.82, 2.24) is 9.78 Å². The van der Waals surface area contributed by atoms with Gasteiger partial charge in [0.1, 0.15) is 18.0 Å².